The zero-order valence-corrected chi connectivity index (χ0v) is 8.01. The van der Waals surface area contributed by atoms with Crippen molar-refractivity contribution in [3.05, 3.63) is 0 Å². The van der Waals surface area contributed by atoms with Gasteiger partial charge in [0.25, 0.3) is 0 Å². The molecule has 3 nitrogen and oxygen atoms in total. The maximum atomic E-state index is 9.55. The lowest BCUT2D eigenvalue weighted by Gasteiger charge is -2.41. The first-order valence-corrected chi connectivity index (χ1v) is 3.66. The summed E-state index contributed by atoms with van der Waals surface area (Å²) in [4.78, 5) is 0. The van der Waals surface area contributed by atoms with E-state index in [4.69, 9.17) is 4.74 Å². The second-order valence-electron chi connectivity index (χ2n) is 3.49. The predicted molar refractivity (Wildman–Crippen MR) is 38.4 cm³/mol. The van der Waals surface area contributed by atoms with E-state index in [1.54, 1.807) is 0 Å². The first-order valence-electron chi connectivity index (χ1n) is 3.66. The second kappa shape index (κ2) is 3.72. The summed E-state index contributed by atoms with van der Waals surface area (Å²) < 4.78 is 5.91. The number of halogens is 1. The van der Waals surface area contributed by atoms with Gasteiger partial charge in [-0.2, -0.15) is 0 Å². The second-order valence-corrected chi connectivity index (χ2v) is 3.49. The molecule has 1 rings (SSSR count). The largest absolute Gasteiger partial charge is 1.00 e. The van der Waals surface area contributed by atoms with Crippen molar-refractivity contribution in [2.45, 2.75) is 19.3 Å². The van der Waals surface area contributed by atoms with E-state index in [1.165, 1.54) is 0 Å². The van der Waals surface area contributed by atoms with Crippen molar-refractivity contribution in [3.8, 4) is 0 Å². The lowest BCUT2D eigenvalue weighted by Crippen LogP contribution is -3.00. The van der Waals surface area contributed by atoms with Crippen molar-refractivity contribution >= 4 is 0 Å². The van der Waals surface area contributed by atoms with E-state index in [9.17, 15) is 5.11 Å². The van der Waals surface area contributed by atoms with Gasteiger partial charge in [0.2, 0.25) is 6.23 Å². The molecule has 0 amide bonds. The molecule has 4 heteroatoms. The monoisotopic (exact) mass is 181 g/mol. The SMILES string of the molecule is CC1OCC[N+](C)(C)C1O.[Cl-]. The predicted octanol–water partition coefficient (Wildman–Crippen LogP) is -3.20. The highest BCUT2D eigenvalue weighted by molar-refractivity contribution is 4.58. The Bertz CT molecular complexity index is 130. The van der Waals surface area contributed by atoms with Gasteiger partial charge in [-0.25, -0.2) is 0 Å². The highest BCUT2D eigenvalue weighted by Crippen LogP contribution is 2.15. The molecule has 2 atom stereocenters. The lowest BCUT2D eigenvalue weighted by molar-refractivity contribution is -0.948. The molecule has 1 aliphatic rings. The van der Waals surface area contributed by atoms with Gasteiger partial charge in [-0.15, -0.1) is 0 Å². The molecule has 2 unspecified atom stereocenters. The van der Waals surface area contributed by atoms with E-state index in [0.29, 0.717) is 4.48 Å². The fourth-order valence-electron chi connectivity index (χ4n) is 1.26. The molecule has 0 bridgehead atoms. The third kappa shape index (κ3) is 2.30. The zero-order valence-electron chi connectivity index (χ0n) is 7.25. The van der Waals surface area contributed by atoms with Gasteiger partial charge in [-0.3, -0.25) is 4.48 Å². The maximum Gasteiger partial charge on any atom is 0.216 e. The molecular formula is C7H16ClNO2. The number of quaternary nitrogens is 1. The molecule has 0 radical (unpaired) electrons. The number of hydrogen-bond acceptors (Lipinski definition) is 2. The van der Waals surface area contributed by atoms with Crippen LogP contribution in [0.2, 0.25) is 0 Å². The van der Waals surface area contributed by atoms with E-state index in [-0.39, 0.29) is 24.7 Å². The van der Waals surface area contributed by atoms with Gasteiger partial charge in [0.1, 0.15) is 12.6 Å². The lowest BCUT2D eigenvalue weighted by atomic mass is 10.2. The van der Waals surface area contributed by atoms with Gasteiger partial charge in [0.05, 0.1) is 20.7 Å². The standard InChI is InChI=1S/C7H16NO2.ClH/c1-6-7(9)8(2,3)4-5-10-6;/h6-7,9H,4-5H2,1-3H3;1H/q+1;/p-1. The minimum absolute atomic E-state index is 0. The molecule has 0 aromatic rings. The molecule has 1 heterocycles. The molecule has 11 heavy (non-hydrogen) atoms. The Morgan fingerprint density at radius 3 is 2.36 bits per heavy atom. The van der Waals surface area contributed by atoms with Crippen LogP contribution in [0, 0.1) is 0 Å². The van der Waals surface area contributed by atoms with Crippen LogP contribution in [0.3, 0.4) is 0 Å². The molecule has 1 fully saturated rings. The molecule has 0 aromatic carbocycles. The molecule has 1 saturated heterocycles. The number of rotatable bonds is 0. The summed E-state index contributed by atoms with van der Waals surface area (Å²) in [6.07, 6.45) is -0.391. The van der Waals surface area contributed by atoms with Crippen molar-refractivity contribution in [1.29, 1.82) is 0 Å². The maximum absolute atomic E-state index is 9.55. The molecule has 0 aromatic heterocycles. The fraction of sp³-hybridized carbons (Fsp3) is 1.00. The Kier molecular flexibility index (Phi) is 3.77. The Balaban J connectivity index is 0.000001000. The van der Waals surface area contributed by atoms with Crippen molar-refractivity contribution < 1.29 is 26.7 Å². The summed E-state index contributed by atoms with van der Waals surface area (Å²) in [5, 5.41) is 9.55. The van der Waals surface area contributed by atoms with Crippen molar-refractivity contribution in [3.63, 3.8) is 0 Å². The van der Waals surface area contributed by atoms with Crippen LogP contribution in [0.15, 0.2) is 0 Å². The van der Waals surface area contributed by atoms with Crippen LogP contribution in [0.5, 0.6) is 0 Å². The molecule has 0 saturated carbocycles. The van der Waals surface area contributed by atoms with Gasteiger partial charge < -0.3 is 22.3 Å². The third-order valence-electron chi connectivity index (χ3n) is 2.18. The van der Waals surface area contributed by atoms with Gasteiger partial charge in [-0.1, -0.05) is 0 Å². The number of morpholine rings is 1. The van der Waals surface area contributed by atoms with Crippen molar-refractivity contribution in [2.24, 2.45) is 0 Å². The molecule has 1 N–H and O–H groups in total. The van der Waals surface area contributed by atoms with Gasteiger partial charge in [0.15, 0.2) is 0 Å². The topological polar surface area (TPSA) is 29.5 Å². The normalized spacial score (nSPS) is 36.0. The van der Waals surface area contributed by atoms with E-state index in [2.05, 4.69) is 0 Å². The number of hydrogen-bond donors (Lipinski definition) is 1. The van der Waals surface area contributed by atoms with Crippen LogP contribution in [0.4, 0.5) is 0 Å². The summed E-state index contributed by atoms with van der Waals surface area (Å²) in [6, 6.07) is 0. The van der Waals surface area contributed by atoms with Gasteiger partial charge in [-0.05, 0) is 6.92 Å². The van der Waals surface area contributed by atoms with Crippen LogP contribution in [-0.4, -0.2) is 49.2 Å². The van der Waals surface area contributed by atoms with E-state index >= 15 is 0 Å². The van der Waals surface area contributed by atoms with Gasteiger partial charge >= 0.3 is 0 Å². The minimum atomic E-state index is -0.367. The molecule has 1 aliphatic heterocycles. The van der Waals surface area contributed by atoms with Crippen LogP contribution in [0.25, 0.3) is 0 Å². The Morgan fingerprint density at radius 2 is 2.00 bits per heavy atom. The van der Waals surface area contributed by atoms with Crippen LogP contribution >= 0.6 is 0 Å². The summed E-state index contributed by atoms with van der Waals surface area (Å²) in [7, 11) is 4.04. The number of nitrogens with zero attached hydrogens (tertiary/aromatic N) is 1. The summed E-state index contributed by atoms with van der Waals surface area (Å²) in [5.74, 6) is 0. The molecule has 0 spiro atoms. The number of likely N-dealkylation sites (N-methyl/N-ethyl adjacent to an activating group) is 1. The minimum Gasteiger partial charge on any atom is -1.00 e. The first kappa shape index (κ1) is 11.2. The molecule has 68 valence electrons. The van der Waals surface area contributed by atoms with Crippen molar-refractivity contribution in [1.82, 2.24) is 0 Å². The third-order valence-corrected chi connectivity index (χ3v) is 2.18. The fourth-order valence-corrected chi connectivity index (χ4v) is 1.26. The van der Waals surface area contributed by atoms with Gasteiger partial charge in [0, 0.05) is 0 Å². The Labute approximate surface area is 74.0 Å². The van der Waals surface area contributed by atoms with Crippen molar-refractivity contribution in [2.75, 3.05) is 27.2 Å². The first-order chi connectivity index (χ1) is 4.54. The highest BCUT2D eigenvalue weighted by Gasteiger charge is 2.35. The van der Waals surface area contributed by atoms with Crippen LogP contribution in [-0.2, 0) is 4.74 Å². The summed E-state index contributed by atoms with van der Waals surface area (Å²) in [6.45, 7) is 3.56. The van der Waals surface area contributed by atoms with Crippen LogP contribution < -0.4 is 12.4 Å². The number of aliphatic hydroxyl groups is 1. The summed E-state index contributed by atoms with van der Waals surface area (Å²) >= 11 is 0. The average Bonchev–Trinajstić information content (AvgIpc) is 1.83. The average molecular weight is 182 g/mol. The highest BCUT2D eigenvalue weighted by atomic mass is 35.5. The molecule has 0 aliphatic carbocycles. The Morgan fingerprint density at radius 1 is 1.45 bits per heavy atom. The Hall–Kier alpha value is 0.170. The van der Waals surface area contributed by atoms with E-state index < -0.39 is 0 Å². The van der Waals surface area contributed by atoms with E-state index in [0.717, 1.165) is 13.2 Å². The number of ether oxygens (including phenoxy) is 1. The van der Waals surface area contributed by atoms with Crippen LogP contribution in [0.1, 0.15) is 6.92 Å². The number of aliphatic hydroxyl groups excluding tert-OH is 1. The molecular weight excluding hydrogens is 166 g/mol. The summed E-state index contributed by atoms with van der Waals surface area (Å²) in [5.41, 5.74) is 0. The smallest absolute Gasteiger partial charge is 0.216 e. The van der Waals surface area contributed by atoms with E-state index in [1.807, 2.05) is 21.0 Å². The quantitative estimate of drug-likeness (QED) is 0.399. The zero-order chi connectivity index (χ0) is 7.78.